The van der Waals surface area contributed by atoms with E-state index in [0.29, 0.717) is 11.4 Å². The van der Waals surface area contributed by atoms with Gasteiger partial charge < -0.3 is 0 Å². The fraction of sp³-hybridized carbons (Fsp3) is 0.286. The second kappa shape index (κ2) is 5.57. The van der Waals surface area contributed by atoms with Gasteiger partial charge in [-0.1, -0.05) is 22.9 Å². The Morgan fingerprint density at radius 3 is 2.72 bits per heavy atom. The Hall–Kier alpha value is -1.29. The second-order valence-corrected chi connectivity index (χ2v) is 4.68. The average molecular weight is 309 g/mol. The number of hydrogen-bond acceptors (Lipinski definition) is 2. The first kappa shape index (κ1) is 13.1. The third-order valence-electron chi connectivity index (χ3n) is 2.85. The lowest BCUT2D eigenvalue weighted by atomic mass is 10.1. The number of hydrogen-bond donors (Lipinski definition) is 0. The van der Waals surface area contributed by atoms with Crippen LogP contribution >= 0.6 is 15.9 Å². The van der Waals surface area contributed by atoms with Crippen LogP contribution in [0, 0.1) is 12.7 Å². The van der Waals surface area contributed by atoms with Crippen molar-refractivity contribution in [3.05, 3.63) is 47.0 Å². The number of nitrogens with zero attached hydrogens (tertiary/aromatic N) is 2. The molecule has 1 aromatic heterocycles. The van der Waals surface area contributed by atoms with Gasteiger partial charge in [0.2, 0.25) is 0 Å². The molecule has 0 radical (unpaired) electrons. The Balaban J connectivity index is 2.47. The van der Waals surface area contributed by atoms with Gasteiger partial charge in [-0.05, 0) is 37.1 Å². The molecule has 1 aromatic carbocycles. The third kappa shape index (κ3) is 2.58. The number of aryl methyl sites for hydroxylation is 2. The summed E-state index contributed by atoms with van der Waals surface area (Å²) < 4.78 is 13.2. The molecule has 0 amide bonds. The maximum Gasteiger partial charge on any atom is 0.159 e. The van der Waals surface area contributed by atoms with E-state index in [9.17, 15) is 4.39 Å². The molecule has 94 valence electrons. The van der Waals surface area contributed by atoms with Crippen LogP contribution in [-0.4, -0.2) is 9.97 Å². The van der Waals surface area contributed by atoms with Crippen LogP contribution in [0.2, 0.25) is 0 Å². The van der Waals surface area contributed by atoms with Gasteiger partial charge in [0.15, 0.2) is 5.82 Å². The predicted molar refractivity (Wildman–Crippen MR) is 74.2 cm³/mol. The molecule has 0 bridgehead atoms. The molecule has 1 heterocycles. The summed E-state index contributed by atoms with van der Waals surface area (Å²) in [5.74, 6) is 0.450. The molecule has 4 heteroatoms. The summed E-state index contributed by atoms with van der Waals surface area (Å²) in [5.41, 5.74) is 3.59. The van der Waals surface area contributed by atoms with Gasteiger partial charge in [-0.2, -0.15) is 0 Å². The monoisotopic (exact) mass is 308 g/mol. The summed E-state index contributed by atoms with van der Waals surface area (Å²) in [5, 5.41) is 0.749. The van der Waals surface area contributed by atoms with Crippen LogP contribution in [0.5, 0.6) is 0 Å². The number of benzene rings is 1. The minimum absolute atomic E-state index is 0.202. The topological polar surface area (TPSA) is 25.8 Å². The van der Waals surface area contributed by atoms with E-state index in [4.69, 9.17) is 0 Å². The van der Waals surface area contributed by atoms with Crippen molar-refractivity contribution in [1.29, 1.82) is 0 Å². The number of aromatic nitrogens is 2. The van der Waals surface area contributed by atoms with Gasteiger partial charge in [0.1, 0.15) is 5.82 Å². The fourth-order valence-electron chi connectivity index (χ4n) is 1.78. The highest BCUT2D eigenvalue weighted by Crippen LogP contribution is 2.20. The number of alkyl halides is 1. The zero-order valence-electron chi connectivity index (χ0n) is 10.4. The first-order valence-electron chi connectivity index (χ1n) is 5.83. The van der Waals surface area contributed by atoms with Crippen LogP contribution in [0.25, 0.3) is 11.4 Å². The van der Waals surface area contributed by atoms with Crippen molar-refractivity contribution >= 4 is 15.9 Å². The van der Waals surface area contributed by atoms with Crippen LogP contribution in [0.1, 0.15) is 23.7 Å². The minimum Gasteiger partial charge on any atom is -0.236 e. The van der Waals surface area contributed by atoms with Crippen molar-refractivity contribution < 1.29 is 4.39 Å². The lowest BCUT2D eigenvalue weighted by Gasteiger charge is -2.07. The molecule has 0 unspecified atom stereocenters. The van der Waals surface area contributed by atoms with Crippen LogP contribution < -0.4 is 0 Å². The van der Waals surface area contributed by atoms with Crippen LogP contribution in [0.15, 0.2) is 24.4 Å². The largest absolute Gasteiger partial charge is 0.236 e. The highest BCUT2D eigenvalue weighted by Gasteiger charge is 2.08. The molecule has 0 aliphatic rings. The van der Waals surface area contributed by atoms with Crippen molar-refractivity contribution in [2.24, 2.45) is 0 Å². The molecule has 0 aliphatic carbocycles. The standard InChI is InChI=1S/C14H14BrFN2/c1-3-13-11(7-15)8-17-14(18-13)10-4-5-12(16)9(2)6-10/h4-6,8H,3,7H2,1-2H3. The predicted octanol–water partition coefficient (Wildman–Crippen LogP) is 4.05. The lowest BCUT2D eigenvalue weighted by molar-refractivity contribution is 0.618. The molecule has 18 heavy (non-hydrogen) atoms. The van der Waals surface area contributed by atoms with E-state index in [1.165, 1.54) is 6.07 Å². The summed E-state index contributed by atoms with van der Waals surface area (Å²) >= 11 is 3.42. The molecule has 2 nitrogen and oxygen atoms in total. The average Bonchev–Trinajstić information content (AvgIpc) is 2.41. The highest BCUT2D eigenvalue weighted by atomic mass is 79.9. The maximum absolute atomic E-state index is 13.2. The molecular weight excluding hydrogens is 295 g/mol. The highest BCUT2D eigenvalue weighted by molar-refractivity contribution is 9.08. The van der Waals surface area contributed by atoms with Crippen molar-refractivity contribution in [3.63, 3.8) is 0 Å². The molecule has 2 aromatic rings. The molecule has 2 rings (SSSR count). The zero-order valence-corrected chi connectivity index (χ0v) is 12.0. The summed E-state index contributed by atoms with van der Waals surface area (Å²) in [7, 11) is 0. The Morgan fingerprint density at radius 1 is 1.33 bits per heavy atom. The normalized spacial score (nSPS) is 10.7. The molecule has 0 fully saturated rings. The molecule has 0 saturated heterocycles. The lowest BCUT2D eigenvalue weighted by Crippen LogP contribution is -1.99. The molecule has 0 N–H and O–H groups in total. The van der Waals surface area contributed by atoms with Crippen molar-refractivity contribution in [1.82, 2.24) is 9.97 Å². The fourth-order valence-corrected chi connectivity index (χ4v) is 2.25. The smallest absolute Gasteiger partial charge is 0.159 e. The second-order valence-electron chi connectivity index (χ2n) is 4.12. The third-order valence-corrected chi connectivity index (χ3v) is 3.45. The molecule has 0 saturated carbocycles. The summed E-state index contributed by atoms with van der Waals surface area (Å²) in [4.78, 5) is 8.88. The SMILES string of the molecule is CCc1nc(-c2ccc(F)c(C)c2)ncc1CBr. The summed E-state index contributed by atoms with van der Waals surface area (Å²) in [6.45, 7) is 3.81. The van der Waals surface area contributed by atoms with Gasteiger partial charge in [-0.25, -0.2) is 14.4 Å². The zero-order chi connectivity index (χ0) is 13.1. The number of halogens is 2. The van der Waals surface area contributed by atoms with Gasteiger partial charge in [0.25, 0.3) is 0 Å². The van der Waals surface area contributed by atoms with Crippen molar-refractivity contribution in [2.45, 2.75) is 25.6 Å². The van der Waals surface area contributed by atoms with Gasteiger partial charge in [0, 0.05) is 28.3 Å². The van der Waals surface area contributed by atoms with Gasteiger partial charge in [0.05, 0.1) is 0 Å². The minimum atomic E-state index is -0.202. The van der Waals surface area contributed by atoms with E-state index in [-0.39, 0.29) is 5.82 Å². The maximum atomic E-state index is 13.2. The van der Waals surface area contributed by atoms with E-state index in [2.05, 4.69) is 32.8 Å². The van der Waals surface area contributed by atoms with E-state index >= 15 is 0 Å². The summed E-state index contributed by atoms with van der Waals surface area (Å²) in [6.07, 6.45) is 2.69. The van der Waals surface area contributed by atoms with Crippen molar-refractivity contribution in [2.75, 3.05) is 0 Å². The molecule has 0 aliphatic heterocycles. The Kier molecular flexibility index (Phi) is 4.07. The van der Waals surface area contributed by atoms with Crippen molar-refractivity contribution in [3.8, 4) is 11.4 Å². The van der Waals surface area contributed by atoms with E-state index in [1.54, 1.807) is 19.1 Å². The quantitative estimate of drug-likeness (QED) is 0.799. The van der Waals surface area contributed by atoms with E-state index in [0.717, 1.165) is 28.6 Å². The molecule has 0 atom stereocenters. The van der Waals surface area contributed by atoms with Crippen LogP contribution in [0.4, 0.5) is 4.39 Å². The van der Waals surface area contributed by atoms with Gasteiger partial charge in [-0.15, -0.1) is 0 Å². The molecular formula is C14H14BrFN2. The summed E-state index contributed by atoms with van der Waals surface area (Å²) in [6, 6.07) is 4.95. The first-order valence-corrected chi connectivity index (χ1v) is 6.95. The van der Waals surface area contributed by atoms with E-state index < -0.39 is 0 Å². The Morgan fingerprint density at radius 2 is 2.11 bits per heavy atom. The number of rotatable bonds is 3. The van der Waals surface area contributed by atoms with E-state index in [1.807, 2.05) is 6.20 Å². The van der Waals surface area contributed by atoms with Crippen LogP contribution in [-0.2, 0) is 11.8 Å². The first-order chi connectivity index (χ1) is 8.65. The Bertz CT molecular complexity index is 570. The molecule has 0 spiro atoms. The van der Waals surface area contributed by atoms with Gasteiger partial charge in [-0.3, -0.25) is 0 Å². The Labute approximate surface area is 114 Å². The van der Waals surface area contributed by atoms with Gasteiger partial charge >= 0.3 is 0 Å². The van der Waals surface area contributed by atoms with Crippen LogP contribution in [0.3, 0.4) is 0 Å².